The van der Waals surface area contributed by atoms with Crippen molar-refractivity contribution in [3.05, 3.63) is 0 Å². The molecule has 1 aliphatic rings. The molecule has 0 unspecified atom stereocenters. The van der Waals surface area contributed by atoms with Gasteiger partial charge in [-0.2, -0.15) is 13.2 Å². The molecule has 1 rings (SSSR count). The fourth-order valence-electron chi connectivity index (χ4n) is 2.46. The van der Waals surface area contributed by atoms with Crippen LogP contribution < -0.4 is 5.32 Å². The summed E-state index contributed by atoms with van der Waals surface area (Å²) >= 11 is 0. The van der Waals surface area contributed by atoms with Crippen molar-refractivity contribution >= 4 is 0 Å². The van der Waals surface area contributed by atoms with Crippen LogP contribution in [-0.2, 0) is 4.74 Å². The first-order chi connectivity index (χ1) is 8.47. The van der Waals surface area contributed by atoms with Crippen LogP contribution in [0.1, 0.15) is 45.4 Å². The van der Waals surface area contributed by atoms with Crippen molar-refractivity contribution in [2.75, 3.05) is 26.3 Å². The summed E-state index contributed by atoms with van der Waals surface area (Å²) in [5.41, 5.74) is 0.330. The van der Waals surface area contributed by atoms with Crippen LogP contribution in [0.25, 0.3) is 0 Å². The molecule has 0 radical (unpaired) electrons. The average molecular weight is 267 g/mol. The van der Waals surface area contributed by atoms with Crippen LogP contribution in [0.3, 0.4) is 0 Å². The topological polar surface area (TPSA) is 21.3 Å². The molecular formula is C13H24F3NO. The zero-order valence-electron chi connectivity index (χ0n) is 11.1. The van der Waals surface area contributed by atoms with Gasteiger partial charge in [-0.15, -0.1) is 0 Å². The molecule has 1 saturated carbocycles. The third-order valence-corrected chi connectivity index (χ3v) is 3.60. The van der Waals surface area contributed by atoms with Crippen molar-refractivity contribution in [1.82, 2.24) is 5.32 Å². The fourth-order valence-corrected chi connectivity index (χ4v) is 2.46. The third-order valence-electron chi connectivity index (χ3n) is 3.60. The molecule has 5 heteroatoms. The van der Waals surface area contributed by atoms with Gasteiger partial charge in [0.05, 0.1) is 0 Å². The summed E-state index contributed by atoms with van der Waals surface area (Å²) in [4.78, 5) is 0. The molecular weight excluding hydrogens is 243 g/mol. The van der Waals surface area contributed by atoms with Gasteiger partial charge in [0.15, 0.2) is 0 Å². The molecule has 0 atom stereocenters. The highest BCUT2D eigenvalue weighted by Crippen LogP contribution is 2.44. The Hall–Kier alpha value is -0.290. The molecule has 1 fully saturated rings. The molecule has 0 aromatic heterocycles. The molecule has 1 aliphatic carbocycles. The van der Waals surface area contributed by atoms with Crippen LogP contribution in [0.2, 0.25) is 0 Å². The first-order valence-corrected chi connectivity index (χ1v) is 6.83. The predicted molar refractivity (Wildman–Crippen MR) is 65.6 cm³/mol. The first-order valence-electron chi connectivity index (χ1n) is 6.83. The van der Waals surface area contributed by atoms with Crippen molar-refractivity contribution in [1.29, 1.82) is 0 Å². The van der Waals surface area contributed by atoms with Gasteiger partial charge in [0.1, 0.15) is 6.61 Å². The third kappa shape index (κ3) is 6.05. The van der Waals surface area contributed by atoms with E-state index in [1.165, 1.54) is 19.3 Å². The van der Waals surface area contributed by atoms with E-state index in [4.69, 9.17) is 0 Å². The Morgan fingerprint density at radius 1 is 1.28 bits per heavy atom. The summed E-state index contributed by atoms with van der Waals surface area (Å²) in [6.45, 7) is 3.25. The summed E-state index contributed by atoms with van der Waals surface area (Å²) < 4.78 is 40.2. The molecule has 0 aromatic rings. The molecule has 18 heavy (non-hydrogen) atoms. The van der Waals surface area contributed by atoms with E-state index in [9.17, 15) is 13.2 Å². The maximum atomic E-state index is 11.9. The van der Waals surface area contributed by atoms with E-state index in [0.29, 0.717) is 5.41 Å². The second-order valence-corrected chi connectivity index (χ2v) is 5.30. The van der Waals surface area contributed by atoms with Crippen LogP contribution in [-0.4, -0.2) is 32.5 Å². The van der Waals surface area contributed by atoms with Crippen molar-refractivity contribution < 1.29 is 17.9 Å². The Balaban J connectivity index is 2.08. The monoisotopic (exact) mass is 267 g/mol. The maximum Gasteiger partial charge on any atom is 0.411 e. The molecule has 0 spiro atoms. The second-order valence-electron chi connectivity index (χ2n) is 5.30. The lowest BCUT2D eigenvalue weighted by Gasteiger charge is -2.42. The van der Waals surface area contributed by atoms with E-state index < -0.39 is 12.8 Å². The Labute approximate surface area is 107 Å². The number of rotatable bonds is 9. The Morgan fingerprint density at radius 2 is 2.00 bits per heavy atom. The van der Waals surface area contributed by atoms with Gasteiger partial charge in [-0.1, -0.05) is 13.3 Å². The zero-order chi connectivity index (χ0) is 13.5. The maximum absolute atomic E-state index is 11.9. The lowest BCUT2D eigenvalue weighted by atomic mass is 9.66. The molecule has 0 amide bonds. The van der Waals surface area contributed by atoms with E-state index in [2.05, 4.69) is 17.0 Å². The number of nitrogens with one attached hydrogen (secondary N) is 1. The largest absolute Gasteiger partial charge is 0.411 e. The van der Waals surface area contributed by atoms with Gasteiger partial charge in [-0.05, 0) is 44.1 Å². The van der Waals surface area contributed by atoms with Gasteiger partial charge in [0.25, 0.3) is 0 Å². The number of halogens is 3. The molecule has 0 heterocycles. The lowest BCUT2D eigenvalue weighted by molar-refractivity contribution is -0.174. The van der Waals surface area contributed by atoms with E-state index >= 15 is 0 Å². The molecule has 0 bridgehead atoms. The van der Waals surface area contributed by atoms with Crippen LogP contribution >= 0.6 is 0 Å². The highest BCUT2D eigenvalue weighted by atomic mass is 19.4. The standard InChI is InChI=1S/C13H24F3NO/c1-2-8-17-10-12(5-3-6-12)7-4-9-18-11-13(14,15)16/h17H,2-11H2,1H3. The highest BCUT2D eigenvalue weighted by Gasteiger charge is 2.35. The molecule has 0 saturated heterocycles. The molecule has 0 aliphatic heterocycles. The summed E-state index contributed by atoms with van der Waals surface area (Å²) in [5.74, 6) is 0. The Morgan fingerprint density at radius 3 is 2.50 bits per heavy atom. The second kappa shape index (κ2) is 7.34. The number of hydrogen-bond acceptors (Lipinski definition) is 2. The summed E-state index contributed by atoms with van der Waals surface area (Å²) in [6, 6.07) is 0. The SMILES string of the molecule is CCCNCC1(CCCOCC(F)(F)F)CCC1. The summed E-state index contributed by atoms with van der Waals surface area (Å²) in [5, 5.41) is 3.42. The minimum absolute atomic E-state index is 0.217. The Bertz CT molecular complexity index is 227. The predicted octanol–water partition coefficient (Wildman–Crippen LogP) is 3.52. The first kappa shape index (κ1) is 15.8. The van der Waals surface area contributed by atoms with Gasteiger partial charge >= 0.3 is 6.18 Å². The van der Waals surface area contributed by atoms with Crippen molar-refractivity contribution in [3.8, 4) is 0 Å². The van der Waals surface area contributed by atoms with Gasteiger partial charge in [-0.25, -0.2) is 0 Å². The van der Waals surface area contributed by atoms with Crippen LogP contribution in [0.5, 0.6) is 0 Å². The highest BCUT2D eigenvalue weighted by molar-refractivity contribution is 4.89. The minimum Gasteiger partial charge on any atom is -0.372 e. The smallest absolute Gasteiger partial charge is 0.372 e. The van der Waals surface area contributed by atoms with Crippen molar-refractivity contribution in [2.45, 2.75) is 51.6 Å². The lowest BCUT2D eigenvalue weighted by Crippen LogP contribution is -2.40. The minimum atomic E-state index is -4.20. The summed E-state index contributed by atoms with van der Waals surface area (Å²) in [7, 11) is 0. The molecule has 1 N–H and O–H groups in total. The average Bonchev–Trinajstić information content (AvgIpc) is 2.22. The number of alkyl halides is 3. The fraction of sp³-hybridized carbons (Fsp3) is 1.00. The van der Waals surface area contributed by atoms with Gasteiger partial charge in [0, 0.05) is 13.2 Å². The van der Waals surface area contributed by atoms with Crippen molar-refractivity contribution in [3.63, 3.8) is 0 Å². The number of ether oxygens (including phenoxy) is 1. The van der Waals surface area contributed by atoms with Gasteiger partial charge < -0.3 is 10.1 Å². The normalized spacial score (nSPS) is 18.7. The van der Waals surface area contributed by atoms with E-state index in [-0.39, 0.29) is 6.61 Å². The van der Waals surface area contributed by atoms with Crippen LogP contribution in [0, 0.1) is 5.41 Å². The molecule has 0 aromatic carbocycles. The number of hydrogen-bond donors (Lipinski definition) is 1. The van der Waals surface area contributed by atoms with Crippen LogP contribution in [0.4, 0.5) is 13.2 Å². The van der Waals surface area contributed by atoms with E-state index in [1.807, 2.05) is 0 Å². The van der Waals surface area contributed by atoms with Gasteiger partial charge in [0.2, 0.25) is 0 Å². The molecule has 108 valence electrons. The van der Waals surface area contributed by atoms with E-state index in [0.717, 1.165) is 32.4 Å². The van der Waals surface area contributed by atoms with Gasteiger partial charge in [-0.3, -0.25) is 0 Å². The quantitative estimate of drug-likeness (QED) is 0.645. The Kier molecular flexibility index (Phi) is 6.43. The summed E-state index contributed by atoms with van der Waals surface area (Å²) in [6.07, 6.45) is 2.26. The van der Waals surface area contributed by atoms with E-state index in [1.54, 1.807) is 0 Å². The zero-order valence-corrected chi connectivity index (χ0v) is 11.1. The molecule has 2 nitrogen and oxygen atoms in total. The van der Waals surface area contributed by atoms with Crippen molar-refractivity contribution in [2.24, 2.45) is 5.41 Å². The van der Waals surface area contributed by atoms with Crippen LogP contribution in [0.15, 0.2) is 0 Å².